The van der Waals surface area contributed by atoms with Crippen LogP contribution in [-0.2, 0) is 14.3 Å². The Hall–Kier alpha value is -0.903. The lowest BCUT2D eigenvalue weighted by molar-refractivity contribution is -0.141. The fraction of sp³-hybridized carbons (Fsp3) is 0.778. The molecule has 0 N–H and O–H groups in total. The molecule has 1 heterocycles. The summed E-state index contributed by atoms with van der Waals surface area (Å²) in [5.74, 6) is 0.604. The number of carbonyl (C=O) groups is 2. The maximum Gasteiger partial charge on any atom is 0.306 e. The Balaban J connectivity index is 2.44. The standard InChI is InChI=1S/C18H30O3Si/c1-6-22(7-2,8-3)18(5)12-16-14(11-17(20)21-16)15(18)10-9-13(4)19/h9-10,14-16H,6-8,11-12H2,1-5H3/b10-9+/t14-,15-,16+,18+/m1/s1. The lowest BCUT2D eigenvalue weighted by Crippen LogP contribution is -2.47. The van der Waals surface area contributed by atoms with E-state index in [-0.39, 0.29) is 28.8 Å². The topological polar surface area (TPSA) is 43.4 Å². The summed E-state index contributed by atoms with van der Waals surface area (Å²) in [6, 6.07) is 3.77. The number of carbonyl (C=O) groups excluding carboxylic acids is 2. The first-order chi connectivity index (χ1) is 10.3. The van der Waals surface area contributed by atoms with E-state index in [9.17, 15) is 9.59 Å². The zero-order valence-electron chi connectivity index (χ0n) is 14.6. The van der Waals surface area contributed by atoms with Crippen molar-refractivity contribution in [3.05, 3.63) is 12.2 Å². The highest BCUT2D eigenvalue weighted by atomic mass is 28.3. The smallest absolute Gasteiger partial charge is 0.306 e. The Labute approximate surface area is 135 Å². The monoisotopic (exact) mass is 322 g/mol. The van der Waals surface area contributed by atoms with Gasteiger partial charge in [0, 0.05) is 5.92 Å². The fourth-order valence-electron chi connectivity index (χ4n) is 5.33. The van der Waals surface area contributed by atoms with Crippen LogP contribution in [0.25, 0.3) is 0 Å². The molecule has 0 amide bonds. The van der Waals surface area contributed by atoms with Crippen LogP contribution in [0, 0.1) is 11.8 Å². The molecule has 1 aliphatic heterocycles. The van der Waals surface area contributed by atoms with Crippen LogP contribution in [0.4, 0.5) is 0 Å². The van der Waals surface area contributed by atoms with Crippen molar-refractivity contribution in [2.45, 2.75) is 76.7 Å². The van der Waals surface area contributed by atoms with E-state index >= 15 is 0 Å². The number of ketones is 1. The minimum absolute atomic E-state index is 0.0602. The molecule has 2 rings (SSSR count). The molecule has 4 atom stereocenters. The summed E-state index contributed by atoms with van der Waals surface area (Å²) in [7, 11) is -1.49. The first-order valence-electron chi connectivity index (χ1n) is 8.71. The molecule has 1 aliphatic carbocycles. The second-order valence-corrected chi connectivity index (χ2v) is 13.2. The summed E-state index contributed by atoms with van der Waals surface area (Å²) < 4.78 is 5.61. The molecule has 22 heavy (non-hydrogen) atoms. The molecule has 0 aromatic heterocycles. The Bertz CT molecular complexity index is 472. The van der Waals surface area contributed by atoms with Crippen molar-refractivity contribution in [1.82, 2.24) is 0 Å². The largest absolute Gasteiger partial charge is 0.462 e. The summed E-state index contributed by atoms with van der Waals surface area (Å²) >= 11 is 0. The fourth-order valence-corrected chi connectivity index (χ4v) is 10.9. The first-order valence-corrected chi connectivity index (χ1v) is 11.3. The van der Waals surface area contributed by atoms with Gasteiger partial charge in [-0.25, -0.2) is 0 Å². The van der Waals surface area contributed by atoms with E-state index in [1.165, 1.54) is 18.1 Å². The summed E-state index contributed by atoms with van der Waals surface area (Å²) in [6.45, 7) is 11.0. The van der Waals surface area contributed by atoms with Gasteiger partial charge in [0.2, 0.25) is 0 Å². The van der Waals surface area contributed by atoms with Gasteiger partial charge in [-0.3, -0.25) is 9.59 Å². The summed E-state index contributed by atoms with van der Waals surface area (Å²) in [4.78, 5) is 23.2. The molecule has 1 saturated heterocycles. The molecule has 1 saturated carbocycles. The Morgan fingerprint density at radius 3 is 2.41 bits per heavy atom. The third-order valence-electron chi connectivity index (χ3n) is 6.77. The molecule has 0 unspecified atom stereocenters. The van der Waals surface area contributed by atoms with Crippen LogP contribution in [-0.4, -0.2) is 25.9 Å². The highest BCUT2D eigenvalue weighted by molar-refractivity contribution is 6.82. The summed E-state index contributed by atoms with van der Waals surface area (Å²) in [6.07, 6.45) is 5.40. The molecule has 4 heteroatoms. The minimum Gasteiger partial charge on any atom is -0.462 e. The van der Waals surface area contributed by atoms with Crippen LogP contribution in [0.2, 0.25) is 23.2 Å². The molecule has 0 bridgehead atoms. The van der Waals surface area contributed by atoms with Gasteiger partial charge in [-0.15, -0.1) is 0 Å². The van der Waals surface area contributed by atoms with Gasteiger partial charge in [-0.05, 0) is 30.4 Å². The predicted molar refractivity (Wildman–Crippen MR) is 91.5 cm³/mol. The Morgan fingerprint density at radius 2 is 1.91 bits per heavy atom. The number of allylic oxidation sites excluding steroid dienone is 2. The first kappa shape index (κ1) is 17.5. The van der Waals surface area contributed by atoms with Gasteiger partial charge in [-0.1, -0.05) is 51.9 Å². The van der Waals surface area contributed by atoms with Crippen molar-refractivity contribution in [3.8, 4) is 0 Å². The second kappa shape index (κ2) is 6.30. The number of rotatable bonds is 6. The van der Waals surface area contributed by atoms with Crippen LogP contribution in [0.15, 0.2) is 12.2 Å². The molecule has 2 fully saturated rings. The Morgan fingerprint density at radius 1 is 1.32 bits per heavy atom. The zero-order valence-corrected chi connectivity index (χ0v) is 15.6. The maximum atomic E-state index is 11.7. The van der Waals surface area contributed by atoms with Crippen molar-refractivity contribution in [2.24, 2.45) is 11.8 Å². The molecule has 124 valence electrons. The van der Waals surface area contributed by atoms with Gasteiger partial charge < -0.3 is 4.74 Å². The molecule has 0 spiro atoms. The molecular weight excluding hydrogens is 292 g/mol. The van der Waals surface area contributed by atoms with E-state index < -0.39 is 8.07 Å². The average molecular weight is 323 g/mol. The lowest BCUT2D eigenvalue weighted by atomic mass is 9.87. The van der Waals surface area contributed by atoms with Crippen molar-refractivity contribution in [2.75, 3.05) is 0 Å². The van der Waals surface area contributed by atoms with Crippen LogP contribution in [0.3, 0.4) is 0 Å². The lowest BCUT2D eigenvalue weighted by Gasteiger charge is -2.48. The number of ether oxygens (including phenoxy) is 1. The van der Waals surface area contributed by atoms with Crippen molar-refractivity contribution in [3.63, 3.8) is 0 Å². The van der Waals surface area contributed by atoms with Crippen LogP contribution in [0.5, 0.6) is 0 Å². The normalized spacial score (nSPS) is 35.0. The Kier molecular flexibility index (Phi) is 5.00. The molecule has 0 aromatic rings. The van der Waals surface area contributed by atoms with E-state index in [0.717, 1.165) is 6.42 Å². The minimum atomic E-state index is -1.49. The zero-order chi connectivity index (χ0) is 16.5. The highest BCUT2D eigenvalue weighted by Crippen LogP contribution is 2.64. The van der Waals surface area contributed by atoms with Gasteiger partial charge in [0.05, 0.1) is 14.5 Å². The van der Waals surface area contributed by atoms with Gasteiger partial charge in [0.25, 0.3) is 0 Å². The number of hydrogen-bond acceptors (Lipinski definition) is 3. The molecule has 2 aliphatic rings. The quantitative estimate of drug-likeness (QED) is 0.415. The maximum absolute atomic E-state index is 11.7. The average Bonchev–Trinajstić information content (AvgIpc) is 2.92. The van der Waals surface area contributed by atoms with Crippen LogP contribution in [0.1, 0.15) is 47.5 Å². The molecule has 0 aromatic carbocycles. The van der Waals surface area contributed by atoms with E-state index in [1.807, 2.05) is 0 Å². The second-order valence-electron chi connectivity index (χ2n) is 7.35. The number of fused-ring (bicyclic) bond motifs is 1. The van der Waals surface area contributed by atoms with Gasteiger partial charge in [0.1, 0.15) is 6.10 Å². The SMILES string of the molecule is CC[Si](CC)(CC)[C@@]1(C)C[C@@H]2OC(=O)C[C@@H]2[C@H]1/C=C/C(C)=O. The van der Waals surface area contributed by atoms with Crippen LogP contribution >= 0.6 is 0 Å². The summed E-state index contributed by atoms with van der Waals surface area (Å²) in [5.41, 5.74) is 0. The van der Waals surface area contributed by atoms with E-state index in [4.69, 9.17) is 4.74 Å². The number of hydrogen-bond donors (Lipinski definition) is 0. The molecule has 0 radical (unpaired) electrons. The van der Waals surface area contributed by atoms with Crippen molar-refractivity contribution in [1.29, 1.82) is 0 Å². The van der Waals surface area contributed by atoms with Crippen molar-refractivity contribution >= 4 is 19.8 Å². The van der Waals surface area contributed by atoms with Crippen LogP contribution < -0.4 is 0 Å². The van der Waals surface area contributed by atoms with Gasteiger partial charge >= 0.3 is 5.97 Å². The molecule has 3 nitrogen and oxygen atoms in total. The van der Waals surface area contributed by atoms with Gasteiger partial charge in [0.15, 0.2) is 5.78 Å². The summed E-state index contributed by atoms with van der Waals surface area (Å²) in [5, 5.41) is 0.216. The predicted octanol–water partition coefficient (Wildman–Crippen LogP) is 4.35. The molecular formula is C18H30O3Si. The highest BCUT2D eigenvalue weighted by Gasteiger charge is 2.61. The van der Waals surface area contributed by atoms with E-state index in [0.29, 0.717) is 12.3 Å². The van der Waals surface area contributed by atoms with Gasteiger partial charge in [-0.2, -0.15) is 0 Å². The third-order valence-corrected chi connectivity index (χ3v) is 13.8. The van der Waals surface area contributed by atoms with E-state index in [2.05, 4.69) is 33.8 Å². The third kappa shape index (κ3) is 2.59. The number of esters is 1. The van der Waals surface area contributed by atoms with Crippen molar-refractivity contribution < 1.29 is 14.3 Å². The van der Waals surface area contributed by atoms with E-state index in [1.54, 1.807) is 13.0 Å².